The van der Waals surface area contributed by atoms with E-state index in [2.05, 4.69) is 16.1 Å². The molecule has 0 unspecified atom stereocenters. The Kier molecular flexibility index (Phi) is 5.73. The van der Waals surface area contributed by atoms with Gasteiger partial charge in [-0.3, -0.25) is 19.3 Å². The molecule has 1 aromatic heterocycles. The Morgan fingerprint density at radius 1 is 1.31 bits per heavy atom. The first-order valence-electron chi connectivity index (χ1n) is 8.58. The Morgan fingerprint density at radius 3 is 2.88 bits per heavy atom. The van der Waals surface area contributed by atoms with Gasteiger partial charge in [0.2, 0.25) is 5.88 Å². The van der Waals surface area contributed by atoms with Crippen LogP contribution in [0.15, 0.2) is 50.5 Å². The van der Waals surface area contributed by atoms with E-state index < -0.39 is 11.2 Å². The topological polar surface area (TPSA) is 87.5 Å². The van der Waals surface area contributed by atoms with Crippen molar-refractivity contribution < 1.29 is 5.11 Å². The van der Waals surface area contributed by atoms with E-state index in [1.807, 2.05) is 0 Å². The van der Waals surface area contributed by atoms with Crippen LogP contribution in [0.25, 0.3) is 0 Å². The molecule has 1 aromatic carbocycles. The number of benzene rings is 1. The fraction of sp³-hybridized carbons (Fsp3) is 0.316. The number of aromatic nitrogens is 2. The number of halogens is 1. The number of aliphatic imine (C=N–C) groups is 1. The van der Waals surface area contributed by atoms with Crippen LogP contribution in [0, 0.1) is 0 Å². The van der Waals surface area contributed by atoms with Crippen LogP contribution in [0.4, 0.5) is 5.69 Å². The van der Waals surface area contributed by atoms with E-state index in [0.29, 0.717) is 23.7 Å². The minimum absolute atomic E-state index is 0.0535. The van der Waals surface area contributed by atoms with E-state index in [1.165, 1.54) is 22.8 Å². The summed E-state index contributed by atoms with van der Waals surface area (Å²) in [7, 11) is 0. The minimum atomic E-state index is -0.675. The Balaban J connectivity index is 1.87. The summed E-state index contributed by atoms with van der Waals surface area (Å²) in [4.78, 5) is 30.5. The lowest BCUT2D eigenvalue weighted by Gasteiger charge is -2.14. The highest BCUT2D eigenvalue weighted by atomic mass is 35.5. The first-order valence-corrected chi connectivity index (χ1v) is 8.96. The molecule has 0 fully saturated rings. The molecule has 0 spiro atoms. The fourth-order valence-corrected chi connectivity index (χ4v) is 3.17. The quantitative estimate of drug-likeness (QED) is 0.620. The molecule has 0 amide bonds. The molecule has 6 nitrogen and oxygen atoms in total. The van der Waals surface area contributed by atoms with Gasteiger partial charge in [-0.05, 0) is 50.3 Å². The molecule has 0 aliphatic heterocycles. The molecule has 0 radical (unpaired) electrons. The number of aromatic hydroxyl groups is 1. The first-order chi connectivity index (χ1) is 12.5. The number of nitrogens with zero attached hydrogens (tertiary/aromatic N) is 2. The van der Waals surface area contributed by atoms with Crippen LogP contribution in [-0.2, 0) is 6.54 Å². The van der Waals surface area contributed by atoms with Gasteiger partial charge in [0, 0.05) is 17.8 Å². The molecule has 0 atom stereocenters. The third kappa shape index (κ3) is 4.32. The van der Waals surface area contributed by atoms with Crippen LogP contribution in [0.3, 0.4) is 0 Å². The molecule has 136 valence electrons. The highest BCUT2D eigenvalue weighted by molar-refractivity contribution is 6.30. The van der Waals surface area contributed by atoms with Gasteiger partial charge in [0.1, 0.15) is 5.56 Å². The van der Waals surface area contributed by atoms with E-state index in [9.17, 15) is 14.7 Å². The number of rotatable bonds is 5. The molecule has 0 bridgehead atoms. The molecule has 7 heteroatoms. The predicted molar refractivity (Wildman–Crippen MR) is 103 cm³/mol. The highest BCUT2D eigenvalue weighted by Crippen LogP contribution is 2.22. The number of allylic oxidation sites excluding steroid dienone is 2. The van der Waals surface area contributed by atoms with Gasteiger partial charge in [-0.2, -0.15) is 0 Å². The third-order valence-corrected chi connectivity index (χ3v) is 4.63. The van der Waals surface area contributed by atoms with E-state index in [-0.39, 0.29) is 11.4 Å². The summed E-state index contributed by atoms with van der Waals surface area (Å²) in [5.41, 5.74) is 0.474. The second kappa shape index (κ2) is 8.19. The van der Waals surface area contributed by atoms with Crippen molar-refractivity contribution in [3.05, 3.63) is 67.3 Å². The summed E-state index contributed by atoms with van der Waals surface area (Å²) in [5, 5.41) is 10.9. The molecule has 0 saturated carbocycles. The zero-order chi connectivity index (χ0) is 18.5. The number of hydrogen-bond acceptors (Lipinski definition) is 4. The molecule has 3 rings (SSSR count). The van der Waals surface area contributed by atoms with Crippen molar-refractivity contribution in [2.24, 2.45) is 4.99 Å². The Labute approximate surface area is 155 Å². The van der Waals surface area contributed by atoms with Crippen LogP contribution in [0.5, 0.6) is 5.88 Å². The van der Waals surface area contributed by atoms with Crippen molar-refractivity contribution in [1.82, 2.24) is 9.55 Å². The Morgan fingerprint density at radius 2 is 2.15 bits per heavy atom. The molecule has 1 heterocycles. The molecular formula is C19H20ClN3O3. The largest absolute Gasteiger partial charge is 0.494 e. The van der Waals surface area contributed by atoms with Gasteiger partial charge in [-0.15, -0.1) is 0 Å². The lowest BCUT2D eigenvalue weighted by molar-refractivity contribution is 0.398. The van der Waals surface area contributed by atoms with Gasteiger partial charge in [0.25, 0.3) is 5.56 Å². The predicted octanol–water partition coefficient (Wildman–Crippen LogP) is 3.54. The summed E-state index contributed by atoms with van der Waals surface area (Å²) in [5.74, 6) is -0.374. The summed E-state index contributed by atoms with van der Waals surface area (Å²) in [6, 6.07) is 6.80. The van der Waals surface area contributed by atoms with Crippen LogP contribution < -0.4 is 11.2 Å². The molecule has 2 N–H and O–H groups in total. The summed E-state index contributed by atoms with van der Waals surface area (Å²) >= 11 is 5.91. The van der Waals surface area contributed by atoms with Crippen molar-refractivity contribution >= 4 is 23.5 Å². The summed E-state index contributed by atoms with van der Waals surface area (Å²) < 4.78 is 1.18. The zero-order valence-electron chi connectivity index (χ0n) is 14.2. The van der Waals surface area contributed by atoms with Crippen molar-refractivity contribution in [2.75, 3.05) is 0 Å². The molecule has 0 saturated heterocycles. The molecule has 2 aromatic rings. The van der Waals surface area contributed by atoms with Gasteiger partial charge in [-0.25, -0.2) is 4.79 Å². The van der Waals surface area contributed by atoms with E-state index in [1.54, 1.807) is 24.3 Å². The second-order valence-corrected chi connectivity index (χ2v) is 6.68. The number of hydrogen-bond donors (Lipinski definition) is 2. The van der Waals surface area contributed by atoms with E-state index in [0.717, 1.165) is 19.3 Å². The standard InChI is InChI=1S/C19H20ClN3O3/c20-14-7-4-8-15(11-14)21-12-16-17(24)22-19(26)23(18(16)25)10-9-13-5-2-1-3-6-13/h4-5,7-8,11-12,25H,1-3,6,9-10H2,(H,22,24,26). The number of aromatic amines is 1. The molecule has 1 aliphatic rings. The van der Waals surface area contributed by atoms with E-state index >= 15 is 0 Å². The highest BCUT2D eigenvalue weighted by Gasteiger charge is 2.13. The maximum absolute atomic E-state index is 12.1. The first kappa shape index (κ1) is 18.2. The fourth-order valence-electron chi connectivity index (χ4n) is 2.98. The lowest BCUT2D eigenvalue weighted by Crippen LogP contribution is -2.32. The van der Waals surface area contributed by atoms with Gasteiger partial charge in [-0.1, -0.05) is 29.3 Å². The van der Waals surface area contributed by atoms with Crippen molar-refractivity contribution in [2.45, 2.75) is 38.6 Å². The van der Waals surface area contributed by atoms with Gasteiger partial charge in [0.15, 0.2) is 0 Å². The normalized spacial score (nSPS) is 14.6. The molecular weight excluding hydrogens is 354 g/mol. The van der Waals surface area contributed by atoms with Crippen molar-refractivity contribution in [3.8, 4) is 5.88 Å². The zero-order valence-corrected chi connectivity index (χ0v) is 15.0. The maximum atomic E-state index is 12.1. The Hall–Kier alpha value is -2.60. The Bertz CT molecular complexity index is 973. The third-order valence-electron chi connectivity index (χ3n) is 4.40. The van der Waals surface area contributed by atoms with Crippen molar-refractivity contribution in [1.29, 1.82) is 0 Å². The minimum Gasteiger partial charge on any atom is -0.494 e. The number of nitrogens with one attached hydrogen (secondary N) is 1. The molecule has 1 aliphatic carbocycles. The number of H-pyrrole nitrogens is 1. The van der Waals surface area contributed by atoms with Crippen molar-refractivity contribution in [3.63, 3.8) is 0 Å². The van der Waals surface area contributed by atoms with Gasteiger partial charge >= 0.3 is 5.69 Å². The van der Waals surface area contributed by atoms with Gasteiger partial charge < -0.3 is 5.11 Å². The monoisotopic (exact) mass is 373 g/mol. The second-order valence-electron chi connectivity index (χ2n) is 6.24. The van der Waals surface area contributed by atoms with Gasteiger partial charge in [0.05, 0.1) is 5.69 Å². The van der Waals surface area contributed by atoms with Crippen LogP contribution >= 0.6 is 11.6 Å². The maximum Gasteiger partial charge on any atom is 0.331 e. The SMILES string of the molecule is O=c1[nH]c(=O)n(CCC2=CCCCC2)c(O)c1C=Nc1cccc(Cl)c1. The van der Waals surface area contributed by atoms with Crippen LogP contribution in [0.1, 0.15) is 37.7 Å². The summed E-state index contributed by atoms with van der Waals surface area (Å²) in [6.45, 7) is 0.311. The van der Waals surface area contributed by atoms with Crippen LogP contribution in [-0.4, -0.2) is 20.9 Å². The van der Waals surface area contributed by atoms with Crippen LogP contribution in [0.2, 0.25) is 5.02 Å². The summed E-state index contributed by atoms with van der Waals surface area (Å²) in [6.07, 6.45) is 8.52. The van der Waals surface area contributed by atoms with E-state index in [4.69, 9.17) is 11.6 Å². The average molecular weight is 374 g/mol. The smallest absolute Gasteiger partial charge is 0.331 e. The lowest BCUT2D eigenvalue weighted by atomic mass is 9.97. The molecule has 26 heavy (non-hydrogen) atoms. The average Bonchev–Trinajstić information content (AvgIpc) is 2.62.